The van der Waals surface area contributed by atoms with Gasteiger partial charge in [0, 0.05) is 12.2 Å². The van der Waals surface area contributed by atoms with Gasteiger partial charge in [0.1, 0.15) is 0 Å². The monoisotopic (exact) mass is 152 g/mol. The molecular weight excluding hydrogens is 140 g/mol. The normalized spacial score (nSPS) is 10.1. The van der Waals surface area contributed by atoms with E-state index in [-0.39, 0.29) is 0 Å². The Hall–Kier alpha value is -1.16. The molecule has 0 saturated heterocycles. The van der Waals surface area contributed by atoms with Gasteiger partial charge in [-0.05, 0) is 19.4 Å². The van der Waals surface area contributed by atoms with Crippen molar-refractivity contribution in [2.45, 2.75) is 20.4 Å². The van der Waals surface area contributed by atoms with Crippen molar-refractivity contribution >= 4 is 5.95 Å². The number of hydrogen-bond acceptors (Lipinski definition) is 4. The van der Waals surface area contributed by atoms with Gasteiger partial charge in [0.15, 0.2) is 0 Å². The SMILES string of the molecule is Cc1nc(N)nc(CN)c1C. The quantitative estimate of drug-likeness (QED) is 0.599. The molecule has 0 bridgehead atoms. The molecule has 0 aliphatic rings. The lowest BCUT2D eigenvalue weighted by Crippen LogP contribution is -2.08. The average molecular weight is 152 g/mol. The number of aryl methyl sites for hydroxylation is 1. The summed E-state index contributed by atoms with van der Waals surface area (Å²) in [7, 11) is 0. The standard InChI is InChI=1S/C7H12N4/c1-4-5(2)10-7(9)11-6(4)3-8/h3,8H2,1-2H3,(H2,9,10,11). The van der Waals surface area contributed by atoms with E-state index in [1.54, 1.807) is 0 Å². The molecule has 0 fully saturated rings. The second-order valence-electron chi connectivity index (χ2n) is 2.44. The van der Waals surface area contributed by atoms with Crippen LogP contribution in [0.3, 0.4) is 0 Å². The molecule has 4 heteroatoms. The van der Waals surface area contributed by atoms with Gasteiger partial charge in [-0.15, -0.1) is 0 Å². The van der Waals surface area contributed by atoms with Crippen molar-refractivity contribution in [2.24, 2.45) is 5.73 Å². The van der Waals surface area contributed by atoms with E-state index in [1.165, 1.54) is 0 Å². The lowest BCUT2D eigenvalue weighted by atomic mass is 10.2. The maximum absolute atomic E-state index is 5.44. The maximum atomic E-state index is 5.44. The van der Waals surface area contributed by atoms with Gasteiger partial charge in [-0.2, -0.15) is 0 Å². The molecule has 0 radical (unpaired) electrons. The van der Waals surface area contributed by atoms with E-state index >= 15 is 0 Å². The van der Waals surface area contributed by atoms with Crippen molar-refractivity contribution in [3.05, 3.63) is 17.0 Å². The number of aromatic nitrogens is 2. The highest BCUT2D eigenvalue weighted by atomic mass is 15.0. The summed E-state index contributed by atoms with van der Waals surface area (Å²) >= 11 is 0. The number of nitrogens with two attached hydrogens (primary N) is 2. The third kappa shape index (κ3) is 1.46. The highest BCUT2D eigenvalue weighted by Crippen LogP contribution is 2.08. The van der Waals surface area contributed by atoms with Crippen molar-refractivity contribution in [1.82, 2.24) is 9.97 Å². The van der Waals surface area contributed by atoms with Crippen molar-refractivity contribution < 1.29 is 0 Å². The molecule has 0 aliphatic heterocycles. The van der Waals surface area contributed by atoms with Crippen LogP contribution < -0.4 is 11.5 Å². The molecule has 0 saturated carbocycles. The van der Waals surface area contributed by atoms with Crippen LogP contribution in [0.2, 0.25) is 0 Å². The first-order valence-electron chi connectivity index (χ1n) is 3.44. The van der Waals surface area contributed by atoms with Gasteiger partial charge >= 0.3 is 0 Å². The first-order valence-corrected chi connectivity index (χ1v) is 3.44. The summed E-state index contributed by atoms with van der Waals surface area (Å²) < 4.78 is 0. The van der Waals surface area contributed by atoms with Gasteiger partial charge in [-0.1, -0.05) is 0 Å². The van der Waals surface area contributed by atoms with Gasteiger partial charge in [-0.25, -0.2) is 9.97 Å². The lowest BCUT2D eigenvalue weighted by molar-refractivity contribution is 0.929. The summed E-state index contributed by atoms with van der Waals surface area (Å²) in [6, 6.07) is 0. The topological polar surface area (TPSA) is 77.8 Å². The summed E-state index contributed by atoms with van der Waals surface area (Å²) in [4.78, 5) is 7.99. The van der Waals surface area contributed by atoms with Gasteiger partial charge in [0.2, 0.25) is 5.95 Å². The van der Waals surface area contributed by atoms with Crippen LogP contribution in [0.1, 0.15) is 17.0 Å². The Kier molecular flexibility index (Phi) is 2.05. The van der Waals surface area contributed by atoms with Crippen LogP contribution in [-0.2, 0) is 6.54 Å². The van der Waals surface area contributed by atoms with Crippen LogP contribution in [0.15, 0.2) is 0 Å². The van der Waals surface area contributed by atoms with Crippen LogP contribution in [0.5, 0.6) is 0 Å². The molecule has 0 amide bonds. The molecule has 1 heterocycles. The van der Waals surface area contributed by atoms with E-state index in [9.17, 15) is 0 Å². The van der Waals surface area contributed by atoms with E-state index < -0.39 is 0 Å². The predicted molar refractivity (Wildman–Crippen MR) is 43.8 cm³/mol. The van der Waals surface area contributed by atoms with E-state index in [4.69, 9.17) is 11.5 Å². The molecule has 60 valence electrons. The fourth-order valence-corrected chi connectivity index (χ4v) is 0.910. The fraction of sp³-hybridized carbons (Fsp3) is 0.429. The molecule has 4 N–H and O–H groups in total. The van der Waals surface area contributed by atoms with Gasteiger partial charge in [0.25, 0.3) is 0 Å². The average Bonchev–Trinajstić information content (AvgIpc) is 1.96. The number of hydrogen-bond donors (Lipinski definition) is 2. The van der Waals surface area contributed by atoms with Gasteiger partial charge < -0.3 is 11.5 Å². The molecule has 0 unspecified atom stereocenters. The Labute approximate surface area is 65.6 Å². The Balaban J connectivity index is 3.24. The zero-order chi connectivity index (χ0) is 8.43. The van der Waals surface area contributed by atoms with Crippen LogP contribution >= 0.6 is 0 Å². The second kappa shape index (κ2) is 2.84. The zero-order valence-corrected chi connectivity index (χ0v) is 6.76. The van der Waals surface area contributed by atoms with Crippen molar-refractivity contribution in [3.63, 3.8) is 0 Å². The summed E-state index contributed by atoms with van der Waals surface area (Å²) in [6.45, 7) is 4.25. The lowest BCUT2D eigenvalue weighted by Gasteiger charge is -2.04. The number of rotatable bonds is 1. The van der Waals surface area contributed by atoms with Gasteiger partial charge in [-0.3, -0.25) is 0 Å². The third-order valence-electron chi connectivity index (χ3n) is 1.70. The third-order valence-corrected chi connectivity index (χ3v) is 1.70. The largest absolute Gasteiger partial charge is 0.368 e. The summed E-state index contributed by atoms with van der Waals surface area (Å²) in [5.74, 6) is 0.300. The Morgan fingerprint density at radius 1 is 1.27 bits per heavy atom. The molecule has 1 aromatic rings. The Morgan fingerprint density at radius 2 is 1.91 bits per heavy atom. The first-order chi connectivity index (χ1) is 5.15. The van der Waals surface area contributed by atoms with Crippen molar-refractivity contribution in [3.8, 4) is 0 Å². The van der Waals surface area contributed by atoms with E-state index in [2.05, 4.69) is 9.97 Å². The van der Waals surface area contributed by atoms with E-state index in [0.717, 1.165) is 17.0 Å². The molecule has 0 atom stereocenters. The number of anilines is 1. The molecule has 1 aromatic heterocycles. The second-order valence-corrected chi connectivity index (χ2v) is 2.44. The molecule has 0 aliphatic carbocycles. The van der Waals surface area contributed by atoms with E-state index in [1.807, 2.05) is 13.8 Å². The highest BCUT2D eigenvalue weighted by molar-refractivity contribution is 5.29. The Morgan fingerprint density at radius 3 is 2.45 bits per heavy atom. The summed E-state index contributed by atoms with van der Waals surface area (Å²) in [5, 5.41) is 0. The van der Waals surface area contributed by atoms with Crippen LogP contribution in [-0.4, -0.2) is 9.97 Å². The summed E-state index contributed by atoms with van der Waals surface area (Å²) in [6.07, 6.45) is 0. The minimum atomic E-state index is 0.300. The minimum Gasteiger partial charge on any atom is -0.368 e. The summed E-state index contributed by atoms with van der Waals surface area (Å²) in [5.41, 5.74) is 13.6. The maximum Gasteiger partial charge on any atom is 0.220 e. The zero-order valence-electron chi connectivity index (χ0n) is 6.76. The highest BCUT2D eigenvalue weighted by Gasteiger charge is 2.03. The van der Waals surface area contributed by atoms with Crippen molar-refractivity contribution in [1.29, 1.82) is 0 Å². The number of nitrogens with zero attached hydrogens (tertiary/aromatic N) is 2. The molecular formula is C7H12N4. The smallest absolute Gasteiger partial charge is 0.220 e. The number of nitrogen functional groups attached to an aromatic ring is 1. The molecule has 0 aromatic carbocycles. The predicted octanol–water partition coefficient (Wildman–Crippen LogP) is 0.134. The van der Waals surface area contributed by atoms with Crippen LogP contribution in [0.4, 0.5) is 5.95 Å². The van der Waals surface area contributed by atoms with Crippen LogP contribution in [0, 0.1) is 13.8 Å². The molecule has 11 heavy (non-hydrogen) atoms. The van der Waals surface area contributed by atoms with Gasteiger partial charge in [0.05, 0.1) is 5.69 Å². The Bertz CT molecular complexity index is 269. The molecule has 0 spiro atoms. The first kappa shape index (κ1) is 7.94. The van der Waals surface area contributed by atoms with Crippen molar-refractivity contribution in [2.75, 3.05) is 5.73 Å². The minimum absolute atomic E-state index is 0.300. The molecule has 1 rings (SSSR count). The fourth-order valence-electron chi connectivity index (χ4n) is 0.910. The van der Waals surface area contributed by atoms with E-state index in [0.29, 0.717) is 12.5 Å². The van der Waals surface area contributed by atoms with Crippen LogP contribution in [0.25, 0.3) is 0 Å². The molecule has 4 nitrogen and oxygen atoms in total.